The molecule has 27 heavy (non-hydrogen) atoms. The SMILES string of the molecule is CCCONc1cccccc[nH]c1C1=C2C=C(Cl)C(Cl)C=CC2=NC1=O. The number of fused-ring (bicyclic) bond motifs is 1. The lowest BCUT2D eigenvalue weighted by atomic mass is 10.0. The molecule has 1 aromatic heterocycles. The van der Waals surface area contributed by atoms with Crippen molar-refractivity contribution in [2.75, 3.05) is 12.1 Å². The van der Waals surface area contributed by atoms with E-state index < -0.39 is 5.38 Å². The molecule has 140 valence electrons. The second-order valence-corrected chi connectivity index (χ2v) is 6.77. The van der Waals surface area contributed by atoms with Gasteiger partial charge in [0.25, 0.3) is 5.91 Å². The van der Waals surface area contributed by atoms with Crippen molar-refractivity contribution in [1.29, 1.82) is 0 Å². The van der Waals surface area contributed by atoms with Crippen LogP contribution in [0.4, 0.5) is 5.69 Å². The zero-order valence-corrected chi connectivity index (χ0v) is 16.2. The van der Waals surface area contributed by atoms with Crippen molar-refractivity contribution in [3.8, 4) is 0 Å². The van der Waals surface area contributed by atoms with E-state index in [2.05, 4.69) is 15.5 Å². The number of H-pyrrole nitrogens is 1. The molecule has 0 aromatic carbocycles. The van der Waals surface area contributed by atoms with E-state index in [0.717, 1.165) is 6.42 Å². The molecule has 2 N–H and O–H groups in total. The van der Waals surface area contributed by atoms with Crippen molar-refractivity contribution < 1.29 is 9.63 Å². The molecule has 5 nitrogen and oxygen atoms in total. The Labute approximate surface area is 167 Å². The Morgan fingerprint density at radius 1 is 1.30 bits per heavy atom. The van der Waals surface area contributed by atoms with Gasteiger partial charge in [0.1, 0.15) is 0 Å². The van der Waals surface area contributed by atoms with Crippen LogP contribution in [0.2, 0.25) is 0 Å². The normalized spacial score (nSPS) is 18.5. The number of carbonyl (C=O) groups is 1. The number of nitrogens with zero attached hydrogens (tertiary/aromatic N) is 1. The van der Waals surface area contributed by atoms with Crippen molar-refractivity contribution in [3.05, 3.63) is 71.1 Å². The Morgan fingerprint density at radius 2 is 2.11 bits per heavy atom. The molecule has 0 bridgehead atoms. The fourth-order valence-electron chi connectivity index (χ4n) is 2.62. The lowest BCUT2D eigenvalue weighted by molar-refractivity contribution is -0.112. The highest BCUT2D eigenvalue weighted by molar-refractivity contribution is 6.43. The van der Waals surface area contributed by atoms with Crippen LogP contribution in [0.25, 0.3) is 5.57 Å². The van der Waals surface area contributed by atoms with E-state index in [1.165, 1.54) is 0 Å². The molecule has 0 radical (unpaired) electrons. The number of aromatic amines is 1. The van der Waals surface area contributed by atoms with Crippen LogP contribution in [0.15, 0.2) is 70.4 Å². The summed E-state index contributed by atoms with van der Waals surface area (Å²) in [7, 11) is 0. The van der Waals surface area contributed by atoms with Crippen LogP contribution in [-0.4, -0.2) is 28.6 Å². The van der Waals surface area contributed by atoms with Gasteiger partial charge in [-0.3, -0.25) is 15.1 Å². The standard InChI is InChI=1S/C20H19Cl2N3O2/c1-2-11-27-25-17-7-5-3-4-6-10-23-19(17)18-13-12-15(22)14(21)8-9-16(13)24-20(18)26/h3-10,12,14,23,25H,2,11H2,1H3. The number of amides is 1. The molecule has 0 saturated heterocycles. The van der Waals surface area contributed by atoms with Gasteiger partial charge in [-0.05, 0) is 30.7 Å². The Kier molecular flexibility index (Phi) is 6.50. The number of rotatable bonds is 5. The van der Waals surface area contributed by atoms with Crippen molar-refractivity contribution >= 4 is 46.1 Å². The first-order valence-electron chi connectivity index (χ1n) is 8.57. The van der Waals surface area contributed by atoms with Gasteiger partial charge in [-0.2, -0.15) is 0 Å². The van der Waals surface area contributed by atoms with E-state index in [-0.39, 0.29) is 5.91 Å². The van der Waals surface area contributed by atoms with Gasteiger partial charge in [0, 0.05) is 16.8 Å². The molecule has 7 heteroatoms. The minimum atomic E-state index is -0.458. The van der Waals surface area contributed by atoms with E-state index in [1.54, 1.807) is 24.4 Å². The molecule has 3 rings (SSSR count). The van der Waals surface area contributed by atoms with Gasteiger partial charge in [-0.1, -0.05) is 42.8 Å². The molecular weight excluding hydrogens is 385 g/mol. The monoisotopic (exact) mass is 403 g/mol. The molecule has 1 atom stereocenters. The number of aromatic nitrogens is 1. The van der Waals surface area contributed by atoms with Gasteiger partial charge < -0.3 is 4.98 Å². The smallest absolute Gasteiger partial charge is 0.280 e. The number of anilines is 1. The first-order valence-corrected chi connectivity index (χ1v) is 9.39. The molecule has 1 amide bonds. The summed E-state index contributed by atoms with van der Waals surface area (Å²) in [5, 5.41) is -0.0331. The van der Waals surface area contributed by atoms with Crippen LogP contribution in [0.1, 0.15) is 19.0 Å². The summed E-state index contributed by atoms with van der Waals surface area (Å²) in [5.41, 5.74) is 5.63. The fourth-order valence-corrected chi connectivity index (χ4v) is 2.94. The van der Waals surface area contributed by atoms with Gasteiger partial charge in [0.2, 0.25) is 0 Å². The number of alkyl halides is 1. The maximum absolute atomic E-state index is 12.7. The molecule has 0 spiro atoms. The van der Waals surface area contributed by atoms with Gasteiger partial charge in [-0.25, -0.2) is 4.99 Å². The van der Waals surface area contributed by atoms with Gasteiger partial charge in [0.05, 0.1) is 34.7 Å². The van der Waals surface area contributed by atoms with E-state index in [9.17, 15) is 4.79 Å². The van der Waals surface area contributed by atoms with E-state index >= 15 is 0 Å². The highest BCUT2D eigenvalue weighted by atomic mass is 35.5. The second-order valence-electron chi connectivity index (χ2n) is 5.87. The topological polar surface area (TPSA) is 66.5 Å². The molecular formula is C20H19Cl2N3O2. The summed E-state index contributed by atoms with van der Waals surface area (Å²) in [4.78, 5) is 25.5. The third-order valence-electron chi connectivity index (χ3n) is 3.88. The third kappa shape index (κ3) is 4.50. The van der Waals surface area contributed by atoms with Crippen LogP contribution < -0.4 is 5.48 Å². The van der Waals surface area contributed by atoms with Crippen molar-refractivity contribution in [2.45, 2.75) is 18.7 Å². The van der Waals surface area contributed by atoms with Crippen molar-refractivity contribution in [1.82, 2.24) is 4.98 Å². The van der Waals surface area contributed by atoms with Gasteiger partial charge in [-0.15, -0.1) is 11.6 Å². The molecule has 1 aromatic rings. The average Bonchev–Trinajstić information content (AvgIpc) is 2.94. The Bertz CT molecular complexity index is 911. The average molecular weight is 404 g/mol. The summed E-state index contributed by atoms with van der Waals surface area (Å²) in [6.45, 7) is 2.54. The van der Waals surface area contributed by atoms with Crippen molar-refractivity contribution in [3.63, 3.8) is 0 Å². The maximum atomic E-state index is 12.7. The largest absolute Gasteiger partial charge is 0.359 e. The van der Waals surface area contributed by atoms with Crippen LogP contribution in [0.3, 0.4) is 0 Å². The number of nitrogens with one attached hydrogen (secondary N) is 2. The van der Waals surface area contributed by atoms with E-state index in [1.807, 2.05) is 37.3 Å². The van der Waals surface area contributed by atoms with Crippen LogP contribution >= 0.6 is 23.2 Å². The minimum absolute atomic E-state index is 0.357. The maximum Gasteiger partial charge on any atom is 0.280 e. The highest BCUT2D eigenvalue weighted by Gasteiger charge is 2.29. The first kappa shape index (κ1) is 19.4. The summed E-state index contributed by atoms with van der Waals surface area (Å²) in [6.07, 6.45) is 7.71. The molecule has 0 saturated carbocycles. The number of halogens is 2. The molecule has 2 heterocycles. The second kappa shape index (κ2) is 9.04. The number of aliphatic imine (C=N–C) groups is 1. The summed E-state index contributed by atoms with van der Waals surface area (Å²) < 4.78 is 0. The summed E-state index contributed by atoms with van der Waals surface area (Å²) >= 11 is 12.5. The van der Waals surface area contributed by atoms with Crippen LogP contribution in [0, 0.1) is 0 Å². The first-order chi connectivity index (χ1) is 13.1. The molecule has 2 aliphatic rings. The number of allylic oxidation sites excluding steroid dienone is 5. The Morgan fingerprint density at radius 3 is 2.93 bits per heavy atom. The third-order valence-corrected chi connectivity index (χ3v) is 4.71. The Balaban J connectivity index is 2.20. The lowest BCUT2D eigenvalue weighted by Crippen LogP contribution is -2.07. The Hall–Kier alpha value is -2.34. The molecule has 0 fully saturated rings. The number of carbonyl (C=O) groups excluding carboxylic acids is 1. The molecule has 1 aliphatic heterocycles. The highest BCUT2D eigenvalue weighted by Crippen LogP contribution is 2.34. The molecule has 1 aliphatic carbocycles. The van der Waals surface area contributed by atoms with E-state index in [4.69, 9.17) is 28.0 Å². The van der Waals surface area contributed by atoms with Crippen LogP contribution in [-0.2, 0) is 9.63 Å². The number of hydrogen-bond acceptors (Lipinski definition) is 3. The van der Waals surface area contributed by atoms with Gasteiger partial charge in [0.15, 0.2) is 0 Å². The fraction of sp³-hybridized carbons (Fsp3) is 0.200. The van der Waals surface area contributed by atoms with E-state index in [0.29, 0.717) is 39.9 Å². The predicted molar refractivity (Wildman–Crippen MR) is 110 cm³/mol. The molecule has 1 unspecified atom stereocenters. The summed E-state index contributed by atoms with van der Waals surface area (Å²) in [6, 6.07) is 9.25. The van der Waals surface area contributed by atoms with Crippen LogP contribution in [0.5, 0.6) is 0 Å². The zero-order valence-electron chi connectivity index (χ0n) is 14.7. The predicted octanol–water partition coefficient (Wildman–Crippen LogP) is 4.93. The zero-order chi connectivity index (χ0) is 19.2. The van der Waals surface area contributed by atoms with Gasteiger partial charge >= 0.3 is 0 Å². The van der Waals surface area contributed by atoms with Crippen molar-refractivity contribution in [2.24, 2.45) is 4.99 Å². The minimum Gasteiger partial charge on any atom is -0.359 e. The number of hydrogen-bond donors (Lipinski definition) is 2. The lowest BCUT2D eigenvalue weighted by Gasteiger charge is -2.11. The summed E-state index contributed by atoms with van der Waals surface area (Å²) in [5.74, 6) is -0.357. The quantitative estimate of drug-likeness (QED) is 0.416.